The first-order valence-corrected chi connectivity index (χ1v) is 8.62. The van der Waals surface area contributed by atoms with Crippen LogP contribution in [0.25, 0.3) is 0 Å². The molecule has 1 aliphatic carbocycles. The molecule has 1 aromatic heterocycles. The Morgan fingerprint density at radius 2 is 2.16 bits per heavy atom. The van der Waals surface area contributed by atoms with E-state index in [9.17, 15) is 0 Å². The molecule has 3 rings (SSSR count). The van der Waals surface area contributed by atoms with E-state index in [0.717, 1.165) is 6.54 Å². The summed E-state index contributed by atoms with van der Waals surface area (Å²) in [7, 11) is 0. The summed E-state index contributed by atoms with van der Waals surface area (Å²) in [6.07, 6.45) is 6.98. The lowest BCUT2D eigenvalue weighted by molar-refractivity contribution is 0.0365. The monoisotopic (exact) mass is 278 g/mol. The third kappa shape index (κ3) is 2.74. The second kappa shape index (κ2) is 5.55. The third-order valence-corrected chi connectivity index (χ3v) is 6.13. The first-order chi connectivity index (χ1) is 9.20. The van der Waals surface area contributed by atoms with Gasteiger partial charge in [0.2, 0.25) is 0 Å². The summed E-state index contributed by atoms with van der Waals surface area (Å²) in [6, 6.07) is 5.68. The SMILES string of the molecule is CC1CNC2(CCCCC2)CN1C(C)c1cccs1. The van der Waals surface area contributed by atoms with Crippen LogP contribution in [-0.2, 0) is 0 Å². The largest absolute Gasteiger partial charge is 0.308 e. The Morgan fingerprint density at radius 3 is 2.84 bits per heavy atom. The molecule has 1 aliphatic heterocycles. The maximum atomic E-state index is 3.88. The summed E-state index contributed by atoms with van der Waals surface area (Å²) in [5.41, 5.74) is 0.413. The molecule has 3 heteroatoms. The van der Waals surface area contributed by atoms with Gasteiger partial charge in [-0.15, -0.1) is 11.3 Å². The smallest absolute Gasteiger partial charge is 0.0417 e. The van der Waals surface area contributed by atoms with E-state index in [0.29, 0.717) is 17.6 Å². The van der Waals surface area contributed by atoms with E-state index in [1.54, 1.807) is 0 Å². The van der Waals surface area contributed by atoms with Crippen LogP contribution in [0.5, 0.6) is 0 Å². The number of rotatable bonds is 2. The number of piperazine rings is 1. The van der Waals surface area contributed by atoms with Crippen LogP contribution in [0.3, 0.4) is 0 Å². The maximum Gasteiger partial charge on any atom is 0.0417 e. The zero-order valence-electron chi connectivity index (χ0n) is 12.2. The lowest BCUT2D eigenvalue weighted by atomic mass is 9.79. The van der Waals surface area contributed by atoms with Gasteiger partial charge in [-0.05, 0) is 38.1 Å². The minimum absolute atomic E-state index is 0.413. The molecule has 106 valence electrons. The zero-order chi connectivity index (χ0) is 13.3. The highest BCUT2D eigenvalue weighted by molar-refractivity contribution is 7.10. The first-order valence-electron chi connectivity index (χ1n) is 7.74. The highest BCUT2D eigenvalue weighted by Gasteiger charge is 2.40. The molecule has 1 aromatic rings. The van der Waals surface area contributed by atoms with Crippen molar-refractivity contribution in [3.8, 4) is 0 Å². The van der Waals surface area contributed by atoms with Gasteiger partial charge in [0.25, 0.3) is 0 Å². The van der Waals surface area contributed by atoms with E-state index < -0.39 is 0 Å². The van der Waals surface area contributed by atoms with Gasteiger partial charge in [-0.25, -0.2) is 0 Å². The fourth-order valence-corrected chi connectivity index (χ4v) is 4.62. The van der Waals surface area contributed by atoms with Crippen molar-refractivity contribution in [2.24, 2.45) is 0 Å². The van der Waals surface area contributed by atoms with Crippen LogP contribution in [0, 0.1) is 0 Å². The van der Waals surface area contributed by atoms with E-state index in [1.165, 1.54) is 43.5 Å². The molecule has 2 unspecified atom stereocenters. The predicted octanol–water partition coefficient (Wildman–Crippen LogP) is 3.81. The lowest BCUT2D eigenvalue weighted by Gasteiger charge is -2.50. The van der Waals surface area contributed by atoms with Crippen molar-refractivity contribution < 1.29 is 0 Å². The van der Waals surface area contributed by atoms with Crippen LogP contribution in [-0.4, -0.2) is 29.6 Å². The van der Waals surface area contributed by atoms with Gasteiger partial charge in [0.1, 0.15) is 0 Å². The highest BCUT2D eigenvalue weighted by atomic mass is 32.1. The number of nitrogens with zero attached hydrogens (tertiary/aromatic N) is 1. The molecule has 2 heterocycles. The van der Waals surface area contributed by atoms with Gasteiger partial charge < -0.3 is 5.32 Å². The molecule has 2 fully saturated rings. The van der Waals surface area contributed by atoms with Gasteiger partial charge in [-0.3, -0.25) is 4.90 Å². The van der Waals surface area contributed by atoms with Crippen LogP contribution in [0.1, 0.15) is 56.9 Å². The first kappa shape index (κ1) is 13.6. The Balaban J connectivity index is 1.75. The fourth-order valence-electron chi connectivity index (χ4n) is 3.82. The van der Waals surface area contributed by atoms with Gasteiger partial charge >= 0.3 is 0 Å². The average Bonchev–Trinajstić information content (AvgIpc) is 2.96. The molecular formula is C16H26N2S. The summed E-state index contributed by atoms with van der Waals surface area (Å²) >= 11 is 1.90. The second-order valence-corrected chi connectivity index (χ2v) is 7.41. The minimum atomic E-state index is 0.413. The predicted molar refractivity (Wildman–Crippen MR) is 82.7 cm³/mol. The van der Waals surface area contributed by atoms with Gasteiger partial charge in [0, 0.05) is 35.6 Å². The van der Waals surface area contributed by atoms with Crippen molar-refractivity contribution in [3.63, 3.8) is 0 Å². The van der Waals surface area contributed by atoms with Crippen LogP contribution in [0.4, 0.5) is 0 Å². The van der Waals surface area contributed by atoms with E-state index in [-0.39, 0.29) is 0 Å². The molecule has 0 aromatic carbocycles. The molecule has 2 aliphatic rings. The zero-order valence-corrected chi connectivity index (χ0v) is 13.0. The molecule has 2 atom stereocenters. The topological polar surface area (TPSA) is 15.3 Å². The van der Waals surface area contributed by atoms with Crippen molar-refractivity contribution >= 4 is 11.3 Å². The fraction of sp³-hybridized carbons (Fsp3) is 0.750. The maximum absolute atomic E-state index is 3.88. The molecule has 1 spiro atoms. The lowest BCUT2D eigenvalue weighted by Crippen LogP contribution is -2.64. The van der Waals surface area contributed by atoms with Crippen LogP contribution >= 0.6 is 11.3 Å². The summed E-state index contributed by atoms with van der Waals surface area (Å²) in [5.74, 6) is 0. The number of hydrogen-bond donors (Lipinski definition) is 1. The summed E-state index contributed by atoms with van der Waals surface area (Å²) in [5, 5.41) is 6.08. The van der Waals surface area contributed by atoms with Crippen molar-refractivity contribution in [2.45, 2.75) is 63.6 Å². The second-order valence-electron chi connectivity index (χ2n) is 6.43. The van der Waals surface area contributed by atoms with E-state index in [4.69, 9.17) is 0 Å². The Hall–Kier alpha value is -0.380. The normalized spacial score (nSPS) is 29.5. The van der Waals surface area contributed by atoms with Gasteiger partial charge in [0.15, 0.2) is 0 Å². The van der Waals surface area contributed by atoms with Crippen molar-refractivity contribution in [1.29, 1.82) is 0 Å². The van der Waals surface area contributed by atoms with Gasteiger partial charge in [-0.2, -0.15) is 0 Å². The Morgan fingerprint density at radius 1 is 1.37 bits per heavy atom. The molecular weight excluding hydrogens is 252 g/mol. The quantitative estimate of drug-likeness (QED) is 0.885. The van der Waals surface area contributed by atoms with Crippen molar-refractivity contribution in [3.05, 3.63) is 22.4 Å². The highest BCUT2D eigenvalue weighted by Crippen LogP contribution is 2.36. The molecule has 1 saturated carbocycles. The molecule has 0 bridgehead atoms. The molecule has 19 heavy (non-hydrogen) atoms. The molecule has 1 N–H and O–H groups in total. The van der Waals surface area contributed by atoms with E-state index in [2.05, 4.69) is 41.6 Å². The Bertz CT molecular complexity index is 395. The summed E-state index contributed by atoms with van der Waals surface area (Å²) in [4.78, 5) is 4.24. The standard InChI is InChI=1S/C16H26N2S/c1-13-11-17-16(8-4-3-5-9-16)12-18(13)14(2)15-7-6-10-19-15/h6-7,10,13-14,17H,3-5,8-9,11-12H2,1-2H3. The average molecular weight is 278 g/mol. The molecule has 1 saturated heterocycles. The minimum Gasteiger partial charge on any atom is -0.308 e. The molecule has 0 radical (unpaired) electrons. The Labute approximate surface area is 121 Å². The third-order valence-electron chi connectivity index (χ3n) is 5.09. The van der Waals surface area contributed by atoms with Crippen LogP contribution < -0.4 is 5.32 Å². The van der Waals surface area contributed by atoms with Gasteiger partial charge in [-0.1, -0.05) is 25.3 Å². The van der Waals surface area contributed by atoms with E-state index >= 15 is 0 Å². The summed E-state index contributed by atoms with van der Waals surface area (Å²) < 4.78 is 0. The number of hydrogen-bond acceptors (Lipinski definition) is 3. The number of thiophene rings is 1. The Kier molecular flexibility index (Phi) is 3.97. The molecule has 2 nitrogen and oxygen atoms in total. The van der Waals surface area contributed by atoms with Crippen LogP contribution in [0.15, 0.2) is 17.5 Å². The number of nitrogens with one attached hydrogen (secondary N) is 1. The van der Waals surface area contributed by atoms with Crippen LogP contribution in [0.2, 0.25) is 0 Å². The summed E-state index contributed by atoms with van der Waals surface area (Å²) in [6.45, 7) is 7.12. The van der Waals surface area contributed by atoms with Gasteiger partial charge in [0.05, 0.1) is 0 Å². The van der Waals surface area contributed by atoms with E-state index in [1.807, 2.05) is 11.3 Å². The van der Waals surface area contributed by atoms with Crippen molar-refractivity contribution in [2.75, 3.05) is 13.1 Å². The molecule has 0 amide bonds. The van der Waals surface area contributed by atoms with Crippen molar-refractivity contribution in [1.82, 2.24) is 10.2 Å².